The highest BCUT2D eigenvalue weighted by Crippen LogP contribution is 2.12. The second-order valence-corrected chi connectivity index (χ2v) is 6.21. The minimum absolute atomic E-state index is 0.168. The number of furan rings is 1. The van der Waals surface area contributed by atoms with E-state index in [1.807, 2.05) is 49.4 Å². The van der Waals surface area contributed by atoms with Crippen molar-refractivity contribution in [2.45, 2.75) is 25.4 Å². The first-order valence-electron chi connectivity index (χ1n) is 8.72. The van der Waals surface area contributed by atoms with E-state index >= 15 is 0 Å². The number of aromatic nitrogens is 1. The Hall–Kier alpha value is -3.41. The van der Waals surface area contributed by atoms with E-state index in [4.69, 9.17) is 4.42 Å². The van der Waals surface area contributed by atoms with E-state index in [1.165, 1.54) is 6.26 Å². The van der Waals surface area contributed by atoms with Crippen molar-refractivity contribution in [3.63, 3.8) is 0 Å². The summed E-state index contributed by atoms with van der Waals surface area (Å²) in [6.45, 7) is 1.88. The standard InChI is InChI=1S/C21H21N3O3/c1-15(17-9-5-11-22-14-17)23-20(25)18(13-16-7-3-2-4-8-16)24-21(26)19-10-6-12-27-19/h2-12,14-15,18H,13H2,1H3,(H,23,25)(H,24,26)/t15-,18-/m1/s1. The predicted molar refractivity (Wildman–Crippen MR) is 101 cm³/mol. The van der Waals surface area contributed by atoms with E-state index in [0.29, 0.717) is 6.42 Å². The molecule has 2 amide bonds. The molecule has 2 aromatic heterocycles. The summed E-state index contributed by atoms with van der Waals surface area (Å²) >= 11 is 0. The van der Waals surface area contributed by atoms with Crippen LogP contribution in [0.25, 0.3) is 0 Å². The second-order valence-electron chi connectivity index (χ2n) is 6.21. The van der Waals surface area contributed by atoms with Crippen molar-refractivity contribution in [2.75, 3.05) is 0 Å². The van der Waals surface area contributed by atoms with Crippen LogP contribution in [0.15, 0.2) is 77.7 Å². The first-order valence-corrected chi connectivity index (χ1v) is 8.72. The molecule has 138 valence electrons. The lowest BCUT2D eigenvalue weighted by molar-refractivity contribution is -0.123. The highest BCUT2D eigenvalue weighted by molar-refractivity contribution is 5.95. The molecule has 2 heterocycles. The smallest absolute Gasteiger partial charge is 0.287 e. The molecule has 0 aliphatic carbocycles. The van der Waals surface area contributed by atoms with Crippen molar-refractivity contribution < 1.29 is 14.0 Å². The highest BCUT2D eigenvalue weighted by Gasteiger charge is 2.24. The number of rotatable bonds is 7. The molecule has 0 spiro atoms. The van der Waals surface area contributed by atoms with Gasteiger partial charge in [0.2, 0.25) is 5.91 Å². The third-order valence-electron chi connectivity index (χ3n) is 4.19. The van der Waals surface area contributed by atoms with Gasteiger partial charge in [-0.3, -0.25) is 14.6 Å². The van der Waals surface area contributed by atoms with Crippen LogP contribution < -0.4 is 10.6 Å². The van der Waals surface area contributed by atoms with E-state index in [1.54, 1.807) is 24.5 Å². The van der Waals surface area contributed by atoms with Crippen LogP contribution in [0.4, 0.5) is 0 Å². The fraction of sp³-hybridized carbons (Fsp3) is 0.190. The van der Waals surface area contributed by atoms with Gasteiger partial charge in [0.25, 0.3) is 5.91 Å². The van der Waals surface area contributed by atoms with Gasteiger partial charge in [-0.15, -0.1) is 0 Å². The molecular formula is C21H21N3O3. The number of nitrogens with zero attached hydrogens (tertiary/aromatic N) is 1. The van der Waals surface area contributed by atoms with E-state index < -0.39 is 11.9 Å². The normalized spacial score (nSPS) is 12.8. The first kappa shape index (κ1) is 18.4. The van der Waals surface area contributed by atoms with E-state index in [-0.39, 0.29) is 17.7 Å². The van der Waals surface area contributed by atoms with Crippen LogP contribution in [0.2, 0.25) is 0 Å². The molecule has 27 heavy (non-hydrogen) atoms. The van der Waals surface area contributed by atoms with Crippen LogP contribution >= 0.6 is 0 Å². The van der Waals surface area contributed by atoms with Crippen LogP contribution in [0.5, 0.6) is 0 Å². The van der Waals surface area contributed by atoms with Gasteiger partial charge in [-0.1, -0.05) is 36.4 Å². The van der Waals surface area contributed by atoms with Gasteiger partial charge in [-0.05, 0) is 36.2 Å². The molecule has 0 aliphatic rings. The molecule has 2 atom stereocenters. The second kappa shape index (κ2) is 8.80. The summed E-state index contributed by atoms with van der Waals surface area (Å²) in [5.41, 5.74) is 1.84. The summed E-state index contributed by atoms with van der Waals surface area (Å²) in [4.78, 5) is 29.3. The Morgan fingerprint density at radius 1 is 1.04 bits per heavy atom. The minimum atomic E-state index is -0.732. The molecule has 0 fully saturated rings. The molecule has 2 N–H and O–H groups in total. The maximum absolute atomic E-state index is 12.9. The molecule has 0 bridgehead atoms. The number of carbonyl (C=O) groups excluding carboxylic acids is 2. The molecular weight excluding hydrogens is 342 g/mol. The maximum Gasteiger partial charge on any atom is 0.287 e. The monoisotopic (exact) mass is 363 g/mol. The molecule has 3 aromatic rings. The van der Waals surface area contributed by atoms with Gasteiger partial charge in [0.1, 0.15) is 6.04 Å². The lowest BCUT2D eigenvalue weighted by Gasteiger charge is -2.21. The van der Waals surface area contributed by atoms with Crippen LogP contribution in [0.3, 0.4) is 0 Å². The van der Waals surface area contributed by atoms with Crippen molar-refractivity contribution >= 4 is 11.8 Å². The summed E-state index contributed by atoms with van der Waals surface area (Å²) in [7, 11) is 0. The minimum Gasteiger partial charge on any atom is -0.459 e. The molecule has 1 aromatic carbocycles. The van der Waals surface area contributed by atoms with Crippen molar-refractivity contribution in [3.8, 4) is 0 Å². The van der Waals surface area contributed by atoms with E-state index in [9.17, 15) is 9.59 Å². The molecule has 3 rings (SSSR count). The summed E-state index contributed by atoms with van der Waals surface area (Å²) in [5.74, 6) is -0.526. The number of hydrogen-bond acceptors (Lipinski definition) is 4. The molecule has 6 nitrogen and oxygen atoms in total. The Morgan fingerprint density at radius 3 is 2.52 bits per heavy atom. The third-order valence-corrected chi connectivity index (χ3v) is 4.19. The van der Waals surface area contributed by atoms with Crippen molar-refractivity contribution in [1.82, 2.24) is 15.6 Å². The molecule has 0 radical (unpaired) electrons. The quantitative estimate of drug-likeness (QED) is 0.676. The number of nitrogens with one attached hydrogen (secondary N) is 2. The average molecular weight is 363 g/mol. The molecule has 0 unspecified atom stereocenters. The van der Waals surface area contributed by atoms with Gasteiger partial charge in [0, 0.05) is 18.8 Å². The molecule has 0 aliphatic heterocycles. The number of carbonyl (C=O) groups is 2. The van der Waals surface area contributed by atoms with Gasteiger partial charge < -0.3 is 15.1 Å². The maximum atomic E-state index is 12.9. The Labute approximate surface area is 157 Å². The van der Waals surface area contributed by atoms with Crippen LogP contribution in [-0.4, -0.2) is 22.8 Å². The van der Waals surface area contributed by atoms with Crippen molar-refractivity contribution in [1.29, 1.82) is 0 Å². The summed E-state index contributed by atoms with van der Waals surface area (Å²) < 4.78 is 5.12. The molecule has 6 heteroatoms. The van der Waals surface area contributed by atoms with Crippen molar-refractivity contribution in [3.05, 3.63) is 90.1 Å². The van der Waals surface area contributed by atoms with Crippen molar-refractivity contribution in [2.24, 2.45) is 0 Å². The van der Waals surface area contributed by atoms with Crippen LogP contribution in [0, 0.1) is 0 Å². The summed E-state index contributed by atoms with van der Waals surface area (Å²) in [6, 6.07) is 15.5. The number of benzene rings is 1. The number of pyridine rings is 1. The van der Waals surface area contributed by atoms with Gasteiger partial charge in [-0.25, -0.2) is 0 Å². The van der Waals surface area contributed by atoms with Gasteiger partial charge >= 0.3 is 0 Å². The fourth-order valence-corrected chi connectivity index (χ4v) is 2.73. The zero-order valence-electron chi connectivity index (χ0n) is 15.0. The summed E-state index contributed by atoms with van der Waals surface area (Å²) in [5, 5.41) is 5.71. The largest absolute Gasteiger partial charge is 0.459 e. The lowest BCUT2D eigenvalue weighted by atomic mass is 10.0. The average Bonchev–Trinajstić information content (AvgIpc) is 3.24. The Balaban J connectivity index is 1.73. The molecule has 0 saturated heterocycles. The summed E-state index contributed by atoms with van der Waals surface area (Å²) in [6.07, 6.45) is 5.18. The van der Waals surface area contributed by atoms with E-state index in [2.05, 4.69) is 15.6 Å². The van der Waals surface area contributed by atoms with E-state index in [0.717, 1.165) is 11.1 Å². The van der Waals surface area contributed by atoms with Crippen LogP contribution in [-0.2, 0) is 11.2 Å². The van der Waals surface area contributed by atoms with Crippen LogP contribution in [0.1, 0.15) is 34.6 Å². The topological polar surface area (TPSA) is 84.2 Å². The SMILES string of the molecule is C[C@@H](NC(=O)[C@@H](Cc1ccccc1)NC(=O)c1ccco1)c1cccnc1. The number of amides is 2. The molecule has 0 saturated carbocycles. The Morgan fingerprint density at radius 2 is 1.85 bits per heavy atom. The van der Waals surface area contributed by atoms with Gasteiger partial charge in [-0.2, -0.15) is 0 Å². The highest BCUT2D eigenvalue weighted by atomic mass is 16.3. The lowest BCUT2D eigenvalue weighted by Crippen LogP contribution is -2.48. The zero-order chi connectivity index (χ0) is 19.1. The number of hydrogen-bond donors (Lipinski definition) is 2. The first-order chi connectivity index (χ1) is 13.1. The van der Waals surface area contributed by atoms with Gasteiger partial charge in [0.05, 0.1) is 12.3 Å². The predicted octanol–water partition coefficient (Wildman–Crippen LogP) is 2.89. The fourth-order valence-electron chi connectivity index (χ4n) is 2.73. The third kappa shape index (κ3) is 5.04. The van der Waals surface area contributed by atoms with Gasteiger partial charge in [0.15, 0.2) is 5.76 Å². The Kier molecular flexibility index (Phi) is 5.99. The Bertz CT molecular complexity index is 864. The zero-order valence-corrected chi connectivity index (χ0v) is 15.0.